The summed E-state index contributed by atoms with van der Waals surface area (Å²) in [6.45, 7) is 2.97. The molecule has 0 aliphatic rings. The molecule has 6 nitrogen and oxygen atoms in total. The van der Waals surface area contributed by atoms with Gasteiger partial charge in [-0.15, -0.1) is 0 Å². The number of imidazole rings is 1. The van der Waals surface area contributed by atoms with Gasteiger partial charge in [-0.3, -0.25) is 9.59 Å². The molecule has 1 heterocycles. The van der Waals surface area contributed by atoms with Gasteiger partial charge in [-0.25, -0.2) is 4.98 Å². The number of carbonyl (C=O) groups excluding carboxylic acids is 2. The maximum atomic E-state index is 12.0. The van der Waals surface area contributed by atoms with Crippen LogP contribution in [0.5, 0.6) is 0 Å². The number of nitrogens with one attached hydrogen (secondary N) is 2. The molecule has 0 saturated heterocycles. The number of carbonyl (C=O) groups is 2. The van der Waals surface area contributed by atoms with Crippen molar-refractivity contribution in [3.8, 4) is 0 Å². The molecule has 2 aromatic carbocycles. The van der Waals surface area contributed by atoms with Gasteiger partial charge in [0.25, 0.3) is 5.91 Å². The largest absolute Gasteiger partial charge is 0.353 e. The Hall–Kier alpha value is -2.67. The first-order valence-electron chi connectivity index (χ1n) is 8.27. The quantitative estimate of drug-likeness (QED) is 0.650. The number of hydrogen-bond donors (Lipinski definition) is 2. The Morgan fingerprint density at radius 3 is 2.73 bits per heavy atom. The highest BCUT2D eigenvalue weighted by Crippen LogP contribution is 2.14. The zero-order chi connectivity index (χ0) is 18.5. The average molecular weight is 415 g/mol. The maximum Gasteiger partial charge on any atom is 0.251 e. The molecule has 0 aliphatic heterocycles. The third kappa shape index (κ3) is 4.29. The zero-order valence-corrected chi connectivity index (χ0v) is 15.9. The second-order valence-electron chi connectivity index (χ2n) is 5.84. The summed E-state index contributed by atoms with van der Waals surface area (Å²) in [5.74, 6) is 0.400. The molecule has 0 radical (unpaired) electrons. The number of fused-ring (bicyclic) bond motifs is 1. The monoisotopic (exact) mass is 414 g/mol. The molecule has 2 N–H and O–H groups in total. The molecular weight excluding hydrogens is 396 g/mol. The van der Waals surface area contributed by atoms with E-state index in [2.05, 4.69) is 36.1 Å². The van der Waals surface area contributed by atoms with Crippen molar-refractivity contribution in [3.63, 3.8) is 0 Å². The summed E-state index contributed by atoms with van der Waals surface area (Å²) in [6.07, 6.45) is 0. The van der Waals surface area contributed by atoms with Gasteiger partial charge in [0.1, 0.15) is 5.82 Å². The molecule has 0 bridgehead atoms. The Balaban J connectivity index is 1.48. The van der Waals surface area contributed by atoms with Crippen molar-refractivity contribution in [2.24, 2.45) is 0 Å². The number of rotatable bonds is 6. The molecule has 0 spiro atoms. The SMILES string of the molecule is Cc1nc2ccccc2n1CCNC(=O)CNC(=O)c1cccc(Br)c1. The number of hydrogen-bond acceptors (Lipinski definition) is 3. The molecule has 2 amide bonds. The summed E-state index contributed by atoms with van der Waals surface area (Å²) in [5, 5.41) is 5.44. The fourth-order valence-corrected chi connectivity index (χ4v) is 3.14. The van der Waals surface area contributed by atoms with Crippen LogP contribution < -0.4 is 10.6 Å². The van der Waals surface area contributed by atoms with Crippen LogP contribution >= 0.6 is 15.9 Å². The number of amides is 2. The molecule has 0 atom stereocenters. The normalized spacial score (nSPS) is 10.7. The van der Waals surface area contributed by atoms with E-state index in [4.69, 9.17) is 0 Å². The molecule has 26 heavy (non-hydrogen) atoms. The molecular formula is C19H19BrN4O2. The van der Waals surface area contributed by atoms with Crippen molar-refractivity contribution in [1.82, 2.24) is 20.2 Å². The van der Waals surface area contributed by atoms with Gasteiger partial charge in [0.05, 0.1) is 17.6 Å². The highest BCUT2D eigenvalue weighted by molar-refractivity contribution is 9.10. The standard InChI is InChI=1S/C19H19BrN4O2/c1-13-23-16-7-2-3-8-17(16)24(13)10-9-21-18(25)12-22-19(26)14-5-4-6-15(20)11-14/h2-8,11H,9-10,12H2,1H3,(H,21,25)(H,22,26). The molecule has 3 rings (SSSR count). The zero-order valence-electron chi connectivity index (χ0n) is 14.3. The lowest BCUT2D eigenvalue weighted by Gasteiger charge is -2.09. The van der Waals surface area contributed by atoms with Crippen LogP contribution in [0, 0.1) is 6.92 Å². The Morgan fingerprint density at radius 1 is 1.12 bits per heavy atom. The predicted molar refractivity (Wildman–Crippen MR) is 104 cm³/mol. The Bertz CT molecular complexity index is 952. The molecule has 0 fully saturated rings. The van der Waals surface area contributed by atoms with E-state index >= 15 is 0 Å². The Morgan fingerprint density at radius 2 is 1.92 bits per heavy atom. The summed E-state index contributed by atoms with van der Waals surface area (Å²) in [4.78, 5) is 28.5. The first-order valence-corrected chi connectivity index (χ1v) is 9.06. The van der Waals surface area contributed by atoms with Crippen LogP contribution in [0.2, 0.25) is 0 Å². The van der Waals surface area contributed by atoms with Gasteiger partial charge in [-0.05, 0) is 37.3 Å². The minimum Gasteiger partial charge on any atom is -0.353 e. The fourth-order valence-electron chi connectivity index (χ4n) is 2.74. The van der Waals surface area contributed by atoms with Crippen molar-refractivity contribution < 1.29 is 9.59 Å². The van der Waals surface area contributed by atoms with Crippen LogP contribution in [0.1, 0.15) is 16.2 Å². The summed E-state index contributed by atoms with van der Waals surface area (Å²) < 4.78 is 2.88. The van der Waals surface area contributed by atoms with Crippen molar-refractivity contribution >= 4 is 38.8 Å². The fraction of sp³-hybridized carbons (Fsp3) is 0.211. The Labute approximate surface area is 159 Å². The highest BCUT2D eigenvalue weighted by Gasteiger charge is 2.09. The van der Waals surface area contributed by atoms with Gasteiger partial charge >= 0.3 is 0 Å². The number of aromatic nitrogens is 2. The lowest BCUT2D eigenvalue weighted by Crippen LogP contribution is -2.38. The molecule has 134 valence electrons. The predicted octanol–water partition coefficient (Wildman–Crippen LogP) is 2.65. The van der Waals surface area contributed by atoms with E-state index < -0.39 is 0 Å². The summed E-state index contributed by atoms with van der Waals surface area (Å²) in [7, 11) is 0. The second kappa shape index (κ2) is 8.14. The van der Waals surface area contributed by atoms with Crippen LogP contribution in [0.25, 0.3) is 11.0 Å². The van der Waals surface area contributed by atoms with Crippen molar-refractivity contribution in [2.45, 2.75) is 13.5 Å². The Kier molecular flexibility index (Phi) is 5.68. The third-order valence-electron chi connectivity index (χ3n) is 4.00. The second-order valence-corrected chi connectivity index (χ2v) is 6.76. The van der Waals surface area contributed by atoms with Crippen molar-refractivity contribution in [1.29, 1.82) is 0 Å². The van der Waals surface area contributed by atoms with Crippen LogP contribution in [0.4, 0.5) is 0 Å². The van der Waals surface area contributed by atoms with E-state index in [9.17, 15) is 9.59 Å². The van der Waals surface area contributed by atoms with Gasteiger partial charge in [-0.2, -0.15) is 0 Å². The first-order chi connectivity index (χ1) is 12.5. The summed E-state index contributed by atoms with van der Waals surface area (Å²) in [5.41, 5.74) is 2.49. The number of aryl methyl sites for hydroxylation is 1. The van der Waals surface area contributed by atoms with Crippen LogP contribution in [-0.4, -0.2) is 34.5 Å². The van der Waals surface area contributed by atoms with Gasteiger partial charge in [-0.1, -0.05) is 34.1 Å². The van der Waals surface area contributed by atoms with Crippen LogP contribution in [-0.2, 0) is 11.3 Å². The van der Waals surface area contributed by atoms with Gasteiger partial charge in [0, 0.05) is 23.1 Å². The maximum absolute atomic E-state index is 12.0. The van der Waals surface area contributed by atoms with E-state index in [1.54, 1.807) is 18.2 Å². The average Bonchev–Trinajstić information content (AvgIpc) is 2.95. The molecule has 3 aromatic rings. The van der Waals surface area contributed by atoms with Gasteiger partial charge < -0.3 is 15.2 Å². The van der Waals surface area contributed by atoms with Crippen LogP contribution in [0.3, 0.4) is 0 Å². The summed E-state index contributed by atoms with van der Waals surface area (Å²) in [6, 6.07) is 14.9. The number of nitrogens with zero attached hydrogens (tertiary/aromatic N) is 2. The van der Waals surface area contributed by atoms with E-state index in [0.29, 0.717) is 18.7 Å². The molecule has 0 saturated carbocycles. The highest BCUT2D eigenvalue weighted by atomic mass is 79.9. The number of halogens is 1. The van der Waals surface area contributed by atoms with E-state index in [-0.39, 0.29) is 18.4 Å². The molecule has 1 aromatic heterocycles. The van der Waals surface area contributed by atoms with Gasteiger partial charge in [0.2, 0.25) is 5.91 Å². The third-order valence-corrected chi connectivity index (χ3v) is 4.49. The van der Waals surface area contributed by atoms with E-state index in [0.717, 1.165) is 21.3 Å². The first kappa shape index (κ1) is 18.1. The lowest BCUT2D eigenvalue weighted by atomic mass is 10.2. The number of benzene rings is 2. The van der Waals surface area contributed by atoms with Crippen LogP contribution in [0.15, 0.2) is 53.0 Å². The number of para-hydroxylation sites is 2. The van der Waals surface area contributed by atoms with E-state index in [1.807, 2.05) is 37.3 Å². The minimum absolute atomic E-state index is 0.0605. The van der Waals surface area contributed by atoms with E-state index in [1.165, 1.54) is 0 Å². The molecule has 0 unspecified atom stereocenters. The topological polar surface area (TPSA) is 76.0 Å². The molecule has 0 aliphatic carbocycles. The van der Waals surface area contributed by atoms with Gasteiger partial charge in [0.15, 0.2) is 0 Å². The van der Waals surface area contributed by atoms with Crippen molar-refractivity contribution in [2.75, 3.05) is 13.1 Å². The smallest absolute Gasteiger partial charge is 0.251 e. The minimum atomic E-state index is -0.280. The molecule has 7 heteroatoms. The summed E-state index contributed by atoms with van der Waals surface area (Å²) >= 11 is 3.32. The lowest BCUT2D eigenvalue weighted by molar-refractivity contribution is -0.120. The van der Waals surface area contributed by atoms with Crippen molar-refractivity contribution in [3.05, 3.63) is 64.4 Å².